The Balaban J connectivity index is 4.52. The second-order valence-corrected chi connectivity index (χ2v) is 15.3. The van der Waals surface area contributed by atoms with Crippen LogP contribution in [0.4, 0.5) is 0 Å². The van der Waals surface area contributed by atoms with E-state index in [9.17, 15) is 10.2 Å². The van der Waals surface area contributed by atoms with E-state index in [2.05, 4.69) is 26.2 Å². The Hall–Kier alpha value is 0.154. The summed E-state index contributed by atoms with van der Waals surface area (Å²) in [6.07, 6.45) is -0.910. The van der Waals surface area contributed by atoms with Crippen LogP contribution in [0.2, 0.25) is 32.2 Å². The van der Waals surface area contributed by atoms with Gasteiger partial charge >= 0.3 is 8.56 Å². The van der Waals surface area contributed by atoms with Crippen molar-refractivity contribution in [1.82, 2.24) is 4.90 Å². The summed E-state index contributed by atoms with van der Waals surface area (Å²) in [5, 5.41) is 37.2. The number of aliphatic hydroxyl groups is 4. The minimum Gasteiger partial charge on any atom is -0.436 e. The molecule has 140 valence electrons. The molecule has 0 bridgehead atoms. The smallest absolute Gasteiger partial charge is 0.324 e. The number of hydrogen-bond donors (Lipinski definition) is 4. The molecule has 0 aliphatic heterocycles. The lowest BCUT2D eigenvalue weighted by Crippen LogP contribution is -2.47. The van der Waals surface area contributed by atoms with Crippen LogP contribution in [0, 0.1) is 0 Å². The molecule has 0 spiro atoms. The largest absolute Gasteiger partial charge is 0.436 e. The van der Waals surface area contributed by atoms with Crippen LogP contribution in [-0.2, 0) is 8.54 Å². The van der Waals surface area contributed by atoms with Crippen molar-refractivity contribution in [3.63, 3.8) is 0 Å². The highest BCUT2D eigenvalue weighted by atomic mass is 28.4. The summed E-state index contributed by atoms with van der Waals surface area (Å²) in [6.45, 7) is 8.97. The van der Waals surface area contributed by atoms with Crippen LogP contribution in [0.3, 0.4) is 0 Å². The average molecular weight is 370 g/mol. The van der Waals surface area contributed by atoms with Gasteiger partial charge in [-0.3, -0.25) is 4.90 Å². The highest BCUT2D eigenvalue weighted by Gasteiger charge is 2.35. The maximum Gasteiger partial charge on any atom is 0.324 e. The average Bonchev–Trinajstić information content (AvgIpc) is 2.44. The van der Waals surface area contributed by atoms with Crippen LogP contribution in [0.15, 0.2) is 0 Å². The van der Waals surface area contributed by atoms with E-state index in [-0.39, 0.29) is 26.3 Å². The van der Waals surface area contributed by atoms with Gasteiger partial charge in [-0.1, -0.05) is 0 Å². The van der Waals surface area contributed by atoms with Gasteiger partial charge in [0.1, 0.15) is 0 Å². The first-order chi connectivity index (χ1) is 10.5. The van der Waals surface area contributed by atoms with E-state index in [0.29, 0.717) is 6.54 Å². The van der Waals surface area contributed by atoms with Crippen molar-refractivity contribution in [2.24, 2.45) is 0 Å². The molecule has 0 saturated heterocycles. The molecule has 0 saturated carbocycles. The maximum atomic E-state index is 9.60. The summed E-state index contributed by atoms with van der Waals surface area (Å²) in [5.74, 6) is 0. The van der Waals surface area contributed by atoms with Crippen LogP contribution in [0.1, 0.15) is 6.42 Å². The minimum atomic E-state index is -2.21. The standard InChI is InChI=1S/C14H35NO6Si2/c1-20-23(5,21-22(2,3)4)8-6-7-15(9-13(18)11-16)10-14(19)12-17/h13-14,16-19H,6-12H2,1-5H3. The molecular formula is C14H35NO6Si2. The molecule has 0 radical (unpaired) electrons. The fourth-order valence-corrected chi connectivity index (χ4v) is 9.36. The van der Waals surface area contributed by atoms with Crippen molar-refractivity contribution in [2.75, 3.05) is 40.0 Å². The molecule has 4 N–H and O–H groups in total. The molecule has 9 heteroatoms. The molecule has 0 aliphatic carbocycles. The number of hydrogen-bond acceptors (Lipinski definition) is 7. The Bertz CT molecular complexity index is 306. The summed E-state index contributed by atoms with van der Waals surface area (Å²) in [4.78, 5) is 1.85. The van der Waals surface area contributed by atoms with Gasteiger partial charge in [-0.15, -0.1) is 0 Å². The van der Waals surface area contributed by atoms with Gasteiger partial charge < -0.3 is 29.0 Å². The zero-order valence-electron chi connectivity index (χ0n) is 15.2. The van der Waals surface area contributed by atoms with Crippen molar-refractivity contribution in [2.45, 2.75) is 50.9 Å². The molecule has 7 nitrogen and oxygen atoms in total. The Morgan fingerprint density at radius 3 is 1.78 bits per heavy atom. The zero-order valence-corrected chi connectivity index (χ0v) is 17.2. The van der Waals surface area contributed by atoms with Crippen LogP contribution < -0.4 is 0 Å². The van der Waals surface area contributed by atoms with Crippen molar-refractivity contribution < 1.29 is 29.0 Å². The van der Waals surface area contributed by atoms with Gasteiger partial charge in [-0.05, 0) is 45.2 Å². The molecule has 0 aromatic rings. The van der Waals surface area contributed by atoms with E-state index in [1.165, 1.54) is 0 Å². The molecule has 0 aliphatic rings. The third kappa shape index (κ3) is 11.4. The van der Waals surface area contributed by atoms with E-state index in [1.807, 2.05) is 4.90 Å². The van der Waals surface area contributed by atoms with Crippen LogP contribution in [-0.4, -0.2) is 94.4 Å². The van der Waals surface area contributed by atoms with E-state index in [0.717, 1.165) is 12.5 Å². The molecule has 3 unspecified atom stereocenters. The van der Waals surface area contributed by atoms with Gasteiger partial charge in [0.15, 0.2) is 8.32 Å². The SMILES string of the molecule is CO[Si](C)(CCCN(CC(O)CO)CC(O)CO)O[Si](C)(C)C. The lowest BCUT2D eigenvalue weighted by Gasteiger charge is -2.33. The topological polar surface area (TPSA) is 103 Å². The quantitative estimate of drug-likeness (QED) is 0.338. The van der Waals surface area contributed by atoms with E-state index < -0.39 is 29.1 Å². The number of rotatable bonds is 13. The normalized spacial score (nSPS) is 18.0. The first-order valence-electron chi connectivity index (χ1n) is 8.10. The number of nitrogens with zero attached hydrogens (tertiary/aromatic N) is 1. The Morgan fingerprint density at radius 2 is 1.43 bits per heavy atom. The summed E-state index contributed by atoms with van der Waals surface area (Å²) < 4.78 is 11.9. The highest BCUT2D eigenvalue weighted by Crippen LogP contribution is 2.21. The predicted molar refractivity (Wildman–Crippen MR) is 95.1 cm³/mol. The second kappa shape index (κ2) is 10.9. The first kappa shape index (κ1) is 23.2. The summed E-state index contributed by atoms with van der Waals surface area (Å²) in [6, 6.07) is 0.814. The van der Waals surface area contributed by atoms with Crippen molar-refractivity contribution in [1.29, 1.82) is 0 Å². The van der Waals surface area contributed by atoms with Crippen molar-refractivity contribution >= 4 is 16.9 Å². The molecule has 0 aromatic heterocycles. The minimum absolute atomic E-state index is 0.258. The van der Waals surface area contributed by atoms with Gasteiger partial charge in [-0.2, -0.15) is 0 Å². The molecule has 0 heterocycles. The lowest BCUT2D eigenvalue weighted by molar-refractivity contribution is 0.0232. The molecule has 0 rings (SSSR count). The van der Waals surface area contributed by atoms with Gasteiger partial charge in [-0.25, -0.2) is 0 Å². The monoisotopic (exact) mass is 369 g/mol. The molecule has 23 heavy (non-hydrogen) atoms. The first-order valence-corrected chi connectivity index (χ1v) is 14.0. The summed E-state index contributed by atoms with van der Waals surface area (Å²) in [7, 11) is -2.20. The van der Waals surface area contributed by atoms with E-state index in [1.54, 1.807) is 7.11 Å². The lowest BCUT2D eigenvalue weighted by atomic mass is 10.2. The zero-order chi connectivity index (χ0) is 18.1. The van der Waals surface area contributed by atoms with Crippen LogP contribution in [0.25, 0.3) is 0 Å². The molecule has 0 fully saturated rings. The van der Waals surface area contributed by atoms with Crippen LogP contribution in [0.5, 0.6) is 0 Å². The molecule has 0 amide bonds. The third-order valence-corrected chi connectivity index (χ3v) is 9.72. The number of aliphatic hydroxyl groups excluding tert-OH is 4. The van der Waals surface area contributed by atoms with Gasteiger partial charge in [0.25, 0.3) is 0 Å². The van der Waals surface area contributed by atoms with Gasteiger partial charge in [0, 0.05) is 20.2 Å². The fourth-order valence-electron chi connectivity index (χ4n) is 2.43. The van der Waals surface area contributed by atoms with E-state index >= 15 is 0 Å². The summed E-state index contributed by atoms with van der Waals surface area (Å²) in [5.41, 5.74) is 0. The molecule has 3 atom stereocenters. The summed E-state index contributed by atoms with van der Waals surface area (Å²) >= 11 is 0. The molecule has 0 aromatic carbocycles. The van der Waals surface area contributed by atoms with E-state index in [4.69, 9.17) is 18.8 Å². The maximum absolute atomic E-state index is 9.60. The Labute approximate surface area is 142 Å². The van der Waals surface area contributed by atoms with Gasteiger partial charge in [0.2, 0.25) is 0 Å². The second-order valence-electron chi connectivity index (χ2n) is 7.09. The van der Waals surface area contributed by atoms with Crippen molar-refractivity contribution in [3.05, 3.63) is 0 Å². The van der Waals surface area contributed by atoms with Gasteiger partial charge in [0.05, 0.1) is 25.4 Å². The van der Waals surface area contributed by atoms with Crippen LogP contribution >= 0.6 is 0 Å². The predicted octanol–water partition coefficient (Wildman–Crippen LogP) is -0.0452. The fraction of sp³-hybridized carbons (Fsp3) is 1.00. The van der Waals surface area contributed by atoms with Crippen molar-refractivity contribution in [3.8, 4) is 0 Å². The third-order valence-electron chi connectivity index (χ3n) is 3.42. The Morgan fingerprint density at radius 1 is 0.957 bits per heavy atom. The molecular weight excluding hydrogens is 334 g/mol. The highest BCUT2D eigenvalue weighted by molar-refractivity contribution is 6.81. The Kier molecular flexibility index (Phi) is 11.0.